The van der Waals surface area contributed by atoms with E-state index in [-0.39, 0.29) is 6.03 Å². The molecule has 7 heteroatoms. The van der Waals surface area contributed by atoms with E-state index < -0.39 is 0 Å². The standard InChI is InChI=1S/C23H26N4O2S/c1-2-29-21-11-7-6-10-20(21)25-23(28)27-14-12-26(13-15-27)16-19-17-30-22(24-19)18-8-4-3-5-9-18/h3-11,17H,2,12-16H2,1H3,(H,25,28). The first kappa shape index (κ1) is 20.4. The number of para-hydroxylation sites is 2. The van der Waals surface area contributed by atoms with Crippen LogP contribution in [0.3, 0.4) is 0 Å². The van der Waals surface area contributed by atoms with Crippen LogP contribution in [0, 0.1) is 0 Å². The van der Waals surface area contributed by atoms with Crippen LogP contribution in [-0.2, 0) is 6.54 Å². The number of hydrogen-bond donors (Lipinski definition) is 1. The van der Waals surface area contributed by atoms with Gasteiger partial charge in [0.25, 0.3) is 0 Å². The first-order valence-electron chi connectivity index (χ1n) is 10.2. The normalized spacial score (nSPS) is 14.5. The third-order valence-electron chi connectivity index (χ3n) is 5.05. The summed E-state index contributed by atoms with van der Waals surface area (Å²) in [5.74, 6) is 0.699. The second-order valence-corrected chi connectivity index (χ2v) is 7.99. The maximum atomic E-state index is 12.7. The molecule has 0 bridgehead atoms. The molecule has 30 heavy (non-hydrogen) atoms. The Morgan fingerprint density at radius 1 is 1.07 bits per heavy atom. The number of amides is 2. The first-order valence-corrected chi connectivity index (χ1v) is 11.1. The summed E-state index contributed by atoms with van der Waals surface area (Å²) in [7, 11) is 0. The highest BCUT2D eigenvalue weighted by Crippen LogP contribution is 2.25. The maximum Gasteiger partial charge on any atom is 0.322 e. The van der Waals surface area contributed by atoms with Gasteiger partial charge in [0.15, 0.2) is 0 Å². The molecular formula is C23H26N4O2S. The predicted molar refractivity (Wildman–Crippen MR) is 121 cm³/mol. The number of carbonyl (C=O) groups is 1. The van der Waals surface area contributed by atoms with E-state index in [4.69, 9.17) is 9.72 Å². The monoisotopic (exact) mass is 422 g/mol. The van der Waals surface area contributed by atoms with E-state index in [1.165, 1.54) is 0 Å². The molecule has 1 aromatic heterocycles. The minimum absolute atomic E-state index is 0.0816. The van der Waals surface area contributed by atoms with Crippen molar-refractivity contribution in [3.63, 3.8) is 0 Å². The van der Waals surface area contributed by atoms with Gasteiger partial charge in [-0.3, -0.25) is 4.90 Å². The second-order valence-electron chi connectivity index (χ2n) is 7.13. The summed E-state index contributed by atoms with van der Waals surface area (Å²) < 4.78 is 5.60. The van der Waals surface area contributed by atoms with Crippen LogP contribution < -0.4 is 10.1 Å². The summed E-state index contributed by atoms with van der Waals surface area (Å²) in [5, 5.41) is 6.17. The van der Waals surface area contributed by atoms with E-state index >= 15 is 0 Å². The van der Waals surface area contributed by atoms with Crippen molar-refractivity contribution in [2.75, 3.05) is 38.1 Å². The topological polar surface area (TPSA) is 57.7 Å². The van der Waals surface area contributed by atoms with Crippen molar-refractivity contribution in [3.05, 3.63) is 65.7 Å². The zero-order valence-corrected chi connectivity index (χ0v) is 17.9. The SMILES string of the molecule is CCOc1ccccc1NC(=O)N1CCN(Cc2csc(-c3ccccc3)n2)CC1. The molecule has 0 spiro atoms. The molecule has 6 nitrogen and oxygen atoms in total. The highest BCUT2D eigenvalue weighted by Gasteiger charge is 2.22. The molecule has 1 N–H and O–H groups in total. The largest absolute Gasteiger partial charge is 0.492 e. The zero-order chi connectivity index (χ0) is 20.8. The smallest absolute Gasteiger partial charge is 0.322 e. The van der Waals surface area contributed by atoms with E-state index in [1.54, 1.807) is 11.3 Å². The maximum absolute atomic E-state index is 12.7. The number of rotatable bonds is 6. The predicted octanol–water partition coefficient (Wildman–Crippen LogP) is 4.56. The molecule has 0 saturated carbocycles. The number of benzene rings is 2. The van der Waals surface area contributed by atoms with E-state index in [0.717, 1.165) is 35.9 Å². The van der Waals surface area contributed by atoms with Gasteiger partial charge >= 0.3 is 6.03 Å². The number of piperazine rings is 1. The Morgan fingerprint density at radius 2 is 1.80 bits per heavy atom. The fourth-order valence-electron chi connectivity index (χ4n) is 3.48. The van der Waals surface area contributed by atoms with Crippen LogP contribution in [0.4, 0.5) is 10.5 Å². The average Bonchev–Trinajstić information content (AvgIpc) is 3.25. The molecule has 1 saturated heterocycles. The number of thiazole rings is 1. The molecule has 4 rings (SSSR count). The second kappa shape index (κ2) is 9.73. The lowest BCUT2D eigenvalue weighted by atomic mass is 10.2. The van der Waals surface area contributed by atoms with Gasteiger partial charge in [0.1, 0.15) is 10.8 Å². The van der Waals surface area contributed by atoms with Gasteiger partial charge in [-0.05, 0) is 19.1 Å². The molecule has 2 amide bonds. The Morgan fingerprint density at radius 3 is 2.57 bits per heavy atom. The molecule has 0 aliphatic carbocycles. The van der Waals surface area contributed by atoms with Gasteiger partial charge in [-0.1, -0.05) is 42.5 Å². The first-order chi connectivity index (χ1) is 14.7. The third kappa shape index (κ3) is 4.98. The highest BCUT2D eigenvalue weighted by atomic mass is 32.1. The summed E-state index contributed by atoms with van der Waals surface area (Å²) in [4.78, 5) is 21.7. The van der Waals surface area contributed by atoms with Gasteiger partial charge < -0.3 is 15.0 Å². The van der Waals surface area contributed by atoms with Crippen LogP contribution in [0.1, 0.15) is 12.6 Å². The van der Waals surface area contributed by atoms with Crippen LogP contribution in [0.5, 0.6) is 5.75 Å². The lowest BCUT2D eigenvalue weighted by Crippen LogP contribution is -2.49. The lowest BCUT2D eigenvalue weighted by molar-refractivity contribution is 0.142. The van der Waals surface area contributed by atoms with Crippen LogP contribution >= 0.6 is 11.3 Å². The van der Waals surface area contributed by atoms with Crippen molar-refractivity contribution in [3.8, 4) is 16.3 Å². The Kier molecular flexibility index (Phi) is 6.61. The van der Waals surface area contributed by atoms with Gasteiger partial charge in [-0.15, -0.1) is 11.3 Å². The molecule has 156 valence electrons. The fourth-order valence-corrected chi connectivity index (χ4v) is 4.29. The number of urea groups is 1. The number of aromatic nitrogens is 1. The Labute approximate surface area is 181 Å². The van der Waals surface area contributed by atoms with E-state index in [9.17, 15) is 4.79 Å². The van der Waals surface area contributed by atoms with E-state index in [2.05, 4.69) is 27.7 Å². The third-order valence-corrected chi connectivity index (χ3v) is 5.99. The molecular weight excluding hydrogens is 396 g/mol. The summed E-state index contributed by atoms with van der Waals surface area (Å²) in [5.41, 5.74) is 2.95. The van der Waals surface area contributed by atoms with Gasteiger partial charge in [0, 0.05) is 43.7 Å². The van der Waals surface area contributed by atoms with E-state index in [0.29, 0.717) is 31.1 Å². The lowest BCUT2D eigenvalue weighted by Gasteiger charge is -2.34. The fraction of sp³-hybridized carbons (Fsp3) is 0.304. The van der Waals surface area contributed by atoms with Crippen LogP contribution in [-0.4, -0.2) is 53.6 Å². The van der Waals surface area contributed by atoms with Gasteiger partial charge in [0.05, 0.1) is 18.0 Å². The summed E-state index contributed by atoms with van der Waals surface area (Å²) in [6.07, 6.45) is 0. The molecule has 2 heterocycles. The van der Waals surface area contributed by atoms with Crippen molar-refractivity contribution in [2.45, 2.75) is 13.5 Å². The number of anilines is 1. The van der Waals surface area contributed by atoms with Crippen LogP contribution in [0.15, 0.2) is 60.0 Å². The van der Waals surface area contributed by atoms with Gasteiger partial charge in [0.2, 0.25) is 0 Å². The molecule has 1 fully saturated rings. The molecule has 0 radical (unpaired) electrons. The summed E-state index contributed by atoms with van der Waals surface area (Å²) >= 11 is 1.68. The Hall–Kier alpha value is -2.90. The van der Waals surface area contributed by atoms with E-state index in [1.807, 2.05) is 54.3 Å². The van der Waals surface area contributed by atoms with Crippen molar-refractivity contribution in [2.24, 2.45) is 0 Å². The number of nitrogens with zero attached hydrogens (tertiary/aromatic N) is 3. The molecule has 2 aromatic carbocycles. The Bertz CT molecular complexity index is 968. The highest BCUT2D eigenvalue weighted by molar-refractivity contribution is 7.13. The van der Waals surface area contributed by atoms with Gasteiger partial charge in [-0.2, -0.15) is 0 Å². The molecule has 1 aliphatic rings. The van der Waals surface area contributed by atoms with Crippen molar-refractivity contribution in [1.82, 2.24) is 14.8 Å². The zero-order valence-electron chi connectivity index (χ0n) is 17.1. The Balaban J connectivity index is 1.29. The number of nitrogens with one attached hydrogen (secondary N) is 1. The van der Waals surface area contributed by atoms with Crippen LogP contribution in [0.2, 0.25) is 0 Å². The number of carbonyl (C=O) groups excluding carboxylic acids is 1. The van der Waals surface area contributed by atoms with Crippen LogP contribution in [0.25, 0.3) is 10.6 Å². The quantitative estimate of drug-likeness (QED) is 0.633. The molecule has 3 aromatic rings. The van der Waals surface area contributed by atoms with Gasteiger partial charge in [-0.25, -0.2) is 9.78 Å². The van der Waals surface area contributed by atoms with Crippen molar-refractivity contribution < 1.29 is 9.53 Å². The number of ether oxygens (including phenoxy) is 1. The summed E-state index contributed by atoms with van der Waals surface area (Å²) in [6, 6.07) is 17.7. The summed E-state index contributed by atoms with van der Waals surface area (Å²) in [6.45, 7) is 6.36. The van der Waals surface area contributed by atoms with Crippen molar-refractivity contribution >= 4 is 23.1 Å². The minimum atomic E-state index is -0.0816. The van der Waals surface area contributed by atoms with Crippen molar-refractivity contribution in [1.29, 1.82) is 0 Å². The molecule has 0 unspecified atom stereocenters. The minimum Gasteiger partial charge on any atom is -0.492 e. The number of hydrogen-bond acceptors (Lipinski definition) is 5. The molecule has 1 aliphatic heterocycles. The average molecular weight is 423 g/mol. The molecule has 0 atom stereocenters.